The summed E-state index contributed by atoms with van der Waals surface area (Å²) in [6.07, 6.45) is 1.44. The van der Waals surface area contributed by atoms with Crippen LogP contribution in [-0.4, -0.2) is 23.9 Å². The number of ether oxygens (including phenoxy) is 2. The van der Waals surface area contributed by atoms with Crippen LogP contribution in [-0.2, 0) is 11.3 Å². The van der Waals surface area contributed by atoms with Crippen LogP contribution in [0.15, 0.2) is 60.8 Å². The Balaban J connectivity index is 1.76. The van der Waals surface area contributed by atoms with Crippen LogP contribution < -0.4 is 15.8 Å². The van der Waals surface area contributed by atoms with E-state index in [4.69, 9.17) is 20.6 Å². The maximum absolute atomic E-state index is 12.8. The molecule has 0 unspecified atom stereocenters. The lowest BCUT2D eigenvalue weighted by molar-refractivity contribution is 0.102. The molecule has 1 amide bonds. The Morgan fingerprint density at radius 3 is 2.62 bits per heavy atom. The smallest absolute Gasteiger partial charge is 0.256 e. The van der Waals surface area contributed by atoms with Crippen molar-refractivity contribution >= 4 is 23.3 Å². The van der Waals surface area contributed by atoms with Crippen LogP contribution >= 0.6 is 0 Å². The molecule has 0 saturated carbocycles. The van der Waals surface area contributed by atoms with E-state index < -0.39 is 0 Å². The molecule has 4 N–H and O–H groups in total. The summed E-state index contributed by atoms with van der Waals surface area (Å²) >= 11 is 0. The molecule has 0 saturated heterocycles. The molecule has 0 spiro atoms. The molecule has 0 aliphatic heterocycles. The van der Waals surface area contributed by atoms with Crippen LogP contribution in [0.1, 0.15) is 27.0 Å². The summed E-state index contributed by atoms with van der Waals surface area (Å²) in [4.78, 5) is 16.8. The normalized spacial score (nSPS) is 10.3. The highest BCUT2D eigenvalue weighted by Gasteiger charge is 2.14. The molecule has 0 fully saturated rings. The fourth-order valence-corrected chi connectivity index (χ4v) is 2.71. The number of aryl methyl sites for hydroxylation is 1. The van der Waals surface area contributed by atoms with Gasteiger partial charge in [-0.15, -0.1) is 0 Å². The Labute approximate surface area is 169 Å². The van der Waals surface area contributed by atoms with Crippen molar-refractivity contribution in [1.82, 2.24) is 4.98 Å². The van der Waals surface area contributed by atoms with Gasteiger partial charge in [-0.1, -0.05) is 36.4 Å². The number of methoxy groups -OCH3 is 1. The Morgan fingerprint density at radius 1 is 1.14 bits per heavy atom. The summed E-state index contributed by atoms with van der Waals surface area (Å²) < 4.78 is 10.7. The zero-order valence-corrected chi connectivity index (χ0v) is 16.2. The number of nitrogens with one attached hydrogen (secondary N) is 2. The largest absolute Gasteiger partial charge is 0.489 e. The first-order valence-electron chi connectivity index (χ1n) is 8.95. The number of anilines is 2. The fourth-order valence-electron chi connectivity index (χ4n) is 2.71. The Bertz CT molecular complexity index is 1040. The number of nitrogens with zero attached hydrogens (tertiary/aromatic N) is 1. The third kappa shape index (κ3) is 4.90. The Morgan fingerprint density at radius 2 is 1.90 bits per heavy atom. The molecule has 0 atom stereocenters. The third-order valence-electron chi connectivity index (χ3n) is 4.33. The van der Waals surface area contributed by atoms with Crippen molar-refractivity contribution in [2.45, 2.75) is 13.5 Å². The Hall–Kier alpha value is -3.87. The zero-order chi connectivity index (χ0) is 20.8. The van der Waals surface area contributed by atoms with E-state index in [1.54, 1.807) is 12.1 Å². The van der Waals surface area contributed by atoms with Gasteiger partial charge in [-0.25, -0.2) is 4.98 Å². The van der Waals surface area contributed by atoms with Gasteiger partial charge < -0.3 is 20.5 Å². The molecule has 0 bridgehead atoms. The topological polar surface area (TPSA) is 110 Å². The highest BCUT2D eigenvalue weighted by Crippen LogP contribution is 2.21. The predicted octanol–water partition coefficient (Wildman–Crippen LogP) is 3.78. The standard InChI is InChI=1S/C22H22N4O3/c1-14-8-9-17(29-13-15-6-4-3-5-7-15)11-18(14)22(27)26-16-10-19(21(24)28-2)20(23)25-12-16/h3-12,24H,13H2,1-2H3,(H2,23,25)(H,26,27). The number of carbonyl (C=O) groups is 1. The first-order chi connectivity index (χ1) is 14.0. The maximum Gasteiger partial charge on any atom is 0.256 e. The number of amides is 1. The minimum absolute atomic E-state index is 0.126. The van der Waals surface area contributed by atoms with E-state index >= 15 is 0 Å². The van der Waals surface area contributed by atoms with Crippen molar-refractivity contribution in [3.8, 4) is 5.75 Å². The number of pyridine rings is 1. The molecule has 0 radical (unpaired) electrons. The number of rotatable bonds is 6. The summed E-state index contributed by atoms with van der Waals surface area (Å²) in [5.41, 5.74) is 8.82. The van der Waals surface area contributed by atoms with E-state index in [1.165, 1.54) is 13.3 Å². The summed E-state index contributed by atoms with van der Waals surface area (Å²) in [5, 5.41) is 10.6. The minimum atomic E-state index is -0.311. The quantitative estimate of drug-likeness (QED) is 0.438. The molecule has 7 heteroatoms. The van der Waals surface area contributed by atoms with Crippen molar-refractivity contribution in [2.75, 3.05) is 18.2 Å². The molecule has 0 aliphatic carbocycles. The number of carbonyl (C=O) groups excluding carboxylic acids is 1. The predicted molar refractivity (Wildman–Crippen MR) is 112 cm³/mol. The van der Waals surface area contributed by atoms with Gasteiger partial charge in [-0.2, -0.15) is 0 Å². The summed E-state index contributed by atoms with van der Waals surface area (Å²) in [5.74, 6) is 0.317. The van der Waals surface area contributed by atoms with E-state index in [0.717, 1.165) is 11.1 Å². The first kappa shape index (κ1) is 19.9. The van der Waals surface area contributed by atoms with Crippen LogP contribution in [0.5, 0.6) is 5.75 Å². The molecule has 29 heavy (non-hydrogen) atoms. The second-order valence-electron chi connectivity index (χ2n) is 6.40. The van der Waals surface area contributed by atoms with Gasteiger partial charge in [0.25, 0.3) is 5.91 Å². The van der Waals surface area contributed by atoms with Gasteiger partial charge in [0.2, 0.25) is 5.90 Å². The molecule has 148 valence electrons. The summed E-state index contributed by atoms with van der Waals surface area (Å²) in [7, 11) is 1.37. The van der Waals surface area contributed by atoms with Gasteiger partial charge in [0.05, 0.1) is 24.6 Å². The highest BCUT2D eigenvalue weighted by atomic mass is 16.5. The maximum atomic E-state index is 12.8. The molecule has 0 aliphatic rings. The van der Waals surface area contributed by atoms with Gasteiger partial charge in [-0.3, -0.25) is 10.2 Å². The van der Waals surface area contributed by atoms with E-state index in [2.05, 4.69) is 10.3 Å². The number of nitrogen functional groups attached to an aromatic ring is 1. The van der Waals surface area contributed by atoms with E-state index in [1.807, 2.05) is 49.4 Å². The SMILES string of the molecule is COC(=N)c1cc(NC(=O)c2cc(OCc3ccccc3)ccc2C)cnc1N. The van der Waals surface area contributed by atoms with E-state index in [0.29, 0.717) is 29.2 Å². The van der Waals surface area contributed by atoms with Crippen molar-refractivity contribution in [1.29, 1.82) is 5.41 Å². The van der Waals surface area contributed by atoms with Crippen LogP contribution in [0.4, 0.5) is 11.5 Å². The van der Waals surface area contributed by atoms with Crippen LogP contribution in [0.3, 0.4) is 0 Å². The average Bonchev–Trinajstić information content (AvgIpc) is 2.74. The lowest BCUT2D eigenvalue weighted by Gasteiger charge is -2.12. The number of benzene rings is 2. The van der Waals surface area contributed by atoms with Crippen molar-refractivity contribution in [2.24, 2.45) is 0 Å². The van der Waals surface area contributed by atoms with Crippen molar-refractivity contribution in [3.63, 3.8) is 0 Å². The minimum Gasteiger partial charge on any atom is -0.489 e. The monoisotopic (exact) mass is 390 g/mol. The van der Waals surface area contributed by atoms with Crippen LogP contribution in [0.25, 0.3) is 0 Å². The number of hydrogen-bond acceptors (Lipinski definition) is 6. The second kappa shape index (κ2) is 8.88. The lowest BCUT2D eigenvalue weighted by Crippen LogP contribution is -2.15. The summed E-state index contributed by atoms with van der Waals surface area (Å²) in [6, 6.07) is 16.7. The molecule has 3 rings (SSSR count). The fraction of sp³-hybridized carbons (Fsp3) is 0.136. The number of nitrogens with two attached hydrogens (primary N) is 1. The zero-order valence-electron chi connectivity index (χ0n) is 16.2. The molecular weight excluding hydrogens is 368 g/mol. The second-order valence-corrected chi connectivity index (χ2v) is 6.40. The number of hydrogen-bond donors (Lipinski definition) is 3. The van der Waals surface area contributed by atoms with Crippen LogP contribution in [0, 0.1) is 12.3 Å². The first-order valence-corrected chi connectivity index (χ1v) is 8.95. The van der Waals surface area contributed by atoms with Crippen molar-refractivity contribution < 1.29 is 14.3 Å². The highest BCUT2D eigenvalue weighted by molar-refractivity contribution is 6.06. The number of aromatic nitrogens is 1. The van der Waals surface area contributed by atoms with E-state index in [-0.39, 0.29) is 17.6 Å². The summed E-state index contributed by atoms with van der Waals surface area (Å²) in [6.45, 7) is 2.26. The van der Waals surface area contributed by atoms with Crippen LogP contribution in [0.2, 0.25) is 0 Å². The third-order valence-corrected chi connectivity index (χ3v) is 4.33. The molecule has 1 aromatic heterocycles. The van der Waals surface area contributed by atoms with Gasteiger partial charge in [0.1, 0.15) is 18.2 Å². The molecular formula is C22H22N4O3. The molecule has 3 aromatic rings. The van der Waals surface area contributed by atoms with Gasteiger partial charge >= 0.3 is 0 Å². The average molecular weight is 390 g/mol. The van der Waals surface area contributed by atoms with Gasteiger partial charge in [0.15, 0.2) is 0 Å². The molecule has 2 aromatic carbocycles. The molecule has 7 nitrogen and oxygen atoms in total. The van der Waals surface area contributed by atoms with Gasteiger partial charge in [0, 0.05) is 5.56 Å². The van der Waals surface area contributed by atoms with Gasteiger partial charge in [-0.05, 0) is 36.2 Å². The lowest BCUT2D eigenvalue weighted by atomic mass is 10.1. The van der Waals surface area contributed by atoms with Crippen molar-refractivity contribution in [3.05, 3.63) is 83.0 Å². The molecule has 1 heterocycles. The Kier molecular flexibility index (Phi) is 6.09. The van der Waals surface area contributed by atoms with E-state index in [9.17, 15) is 4.79 Å².